The normalized spacial score (nSPS) is 13.0. The summed E-state index contributed by atoms with van der Waals surface area (Å²) in [4.78, 5) is 22.6. The van der Waals surface area contributed by atoms with Gasteiger partial charge in [0, 0.05) is 5.41 Å². The standard InChI is InChI=1S/C23H23FN4O2S/c1-13-10-11-15(12-17(13)24)28-20(29)16-8-6-7-9-18(16)25-22(28)31-14(2)19-26-21(27-30-19)23(3,4)5/h6-12,14H,1-5H3. The fraction of sp³-hybridized carbons (Fsp3) is 0.304. The molecule has 0 spiro atoms. The lowest BCUT2D eigenvalue weighted by Crippen LogP contribution is -2.22. The van der Waals surface area contributed by atoms with E-state index in [-0.39, 0.29) is 22.0 Å². The van der Waals surface area contributed by atoms with Crippen LogP contribution in [0.15, 0.2) is 56.9 Å². The Hall–Kier alpha value is -3.00. The Morgan fingerprint density at radius 2 is 1.87 bits per heavy atom. The molecule has 4 aromatic rings. The summed E-state index contributed by atoms with van der Waals surface area (Å²) < 4.78 is 21.2. The minimum absolute atomic E-state index is 0.241. The summed E-state index contributed by atoms with van der Waals surface area (Å²) in [5.74, 6) is 0.673. The number of halogens is 1. The number of para-hydroxylation sites is 1. The predicted molar refractivity (Wildman–Crippen MR) is 119 cm³/mol. The molecule has 0 saturated heterocycles. The number of aryl methyl sites for hydroxylation is 1. The van der Waals surface area contributed by atoms with Crippen LogP contribution in [0.4, 0.5) is 4.39 Å². The molecule has 6 nitrogen and oxygen atoms in total. The molecule has 1 atom stereocenters. The molecule has 2 aromatic carbocycles. The van der Waals surface area contributed by atoms with E-state index in [0.29, 0.717) is 39.0 Å². The first-order chi connectivity index (χ1) is 14.6. The molecule has 0 N–H and O–H groups in total. The van der Waals surface area contributed by atoms with Crippen molar-refractivity contribution in [3.05, 3.63) is 75.9 Å². The molecule has 0 aliphatic rings. The summed E-state index contributed by atoms with van der Waals surface area (Å²) in [7, 11) is 0. The second-order valence-electron chi connectivity index (χ2n) is 8.45. The van der Waals surface area contributed by atoms with Crippen molar-refractivity contribution in [2.45, 2.75) is 50.4 Å². The number of benzene rings is 2. The van der Waals surface area contributed by atoms with Crippen molar-refractivity contribution in [2.24, 2.45) is 0 Å². The molecule has 8 heteroatoms. The Morgan fingerprint density at radius 3 is 2.55 bits per heavy atom. The van der Waals surface area contributed by atoms with Gasteiger partial charge < -0.3 is 4.52 Å². The van der Waals surface area contributed by atoms with Gasteiger partial charge in [0.15, 0.2) is 11.0 Å². The van der Waals surface area contributed by atoms with Crippen LogP contribution in [0.2, 0.25) is 0 Å². The molecule has 0 amide bonds. The summed E-state index contributed by atoms with van der Waals surface area (Å²) in [6, 6.07) is 11.8. The first-order valence-electron chi connectivity index (χ1n) is 9.94. The molecule has 0 bridgehead atoms. The molecular formula is C23H23FN4O2S. The summed E-state index contributed by atoms with van der Waals surface area (Å²) in [5, 5.41) is 4.71. The van der Waals surface area contributed by atoms with Gasteiger partial charge in [0.25, 0.3) is 5.56 Å². The molecule has 0 aliphatic carbocycles. The quantitative estimate of drug-likeness (QED) is 0.315. The van der Waals surface area contributed by atoms with Crippen LogP contribution in [-0.2, 0) is 5.41 Å². The van der Waals surface area contributed by atoms with Crippen molar-refractivity contribution in [2.75, 3.05) is 0 Å². The maximum absolute atomic E-state index is 14.3. The number of thioether (sulfide) groups is 1. The number of hydrogen-bond donors (Lipinski definition) is 0. The minimum atomic E-state index is -0.381. The highest BCUT2D eigenvalue weighted by Gasteiger charge is 2.25. The average molecular weight is 439 g/mol. The van der Waals surface area contributed by atoms with E-state index in [1.54, 1.807) is 37.3 Å². The van der Waals surface area contributed by atoms with Crippen LogP contribution in [0.3, 0.4) is 0 Å². The Morgan fingerprint density at radius 1 is 1.13 bits per heavy atom. The van der Waals surface area contributed by atoms with E-state index in [0.717, 1.165) is 0 Å². The number of aromatic nitrogens is 4. The number of hydrogen-bond acceptors (Lipinski definition) is 6. The van der Waals surface area contributed by atoms with Gasteiger partial charge in [0.05, 0.1) is 21.8 Å². The van der Waals surface area contributed by atoms with E-state index in [4.69, 9.17) is 9.51 Å². The van der Waals surface area contributed by atoms with E-state index in [1.807, 2.05) is 33.8 Å². The monoisotopic (exact) mass is 438 g/mol. The highest BCUT2D eigenvalue weighted by Crippen LogP contribution is 2.35. The molecule has 31 heavy (non-hydrogen) atoms. The highest BCUT2D eigenvalue weighted by atomic mass is 32.2. The number of fused-ring (bicyclic) bond motifs is 1. The zero-order chi connectivity index (χ0) is 22.3. The van der Waals surface area contributed by atoms with Gasteiger partial charge in [-0.15, -0.1) is 0 Å². The summed E-state index contributed by atoms with van der Waals surface area (Å²) in [6.07, 6.45) is 0. The van der Waals surface area contributed by atoms with Gasteiger partial charge >= 0.3 is 0 Å². The van der Waals surface area contributed by atoms with Gasteiger partial charge in [-0.3, -0.25) is 9.36 Å². The Bertz CT molecular complexity index is 1320. The van der Waals surface area contributed by atoms with Crippen molar-refractivity contribution in [3.63, 3.8) is 0 Å². The van der Waals surface area contributed by atoms with E-state index in [1.165, 1.54) is 22.4 Å². The smallest absolute Gasteiger partial charge is 0.266 e. The molecule has 4 rings (SSSR count). The molecule has 0 radical (unpaired) electrons. The van der Waals surface area contributed by atoms with Crippen LogP contribution < -0.4 is 5.56 Å². The SMILES string of the molecule is Cc1ccc(-n2c(SC(C)c3nc(C(C)(C)C)no3)nc3ccccc3c2=O)cc1F. The number of nitrogens with zero attached hydrogens (tertiary/aromatic N) is 4. The lowest BCUT2D eigenvalue weighted by Gasteiger charge is -2.15. The van der Waals surface area contributed by atoms with Crippen LogP contribution in [0.5, 0.6) is 0 Å². The fourth-order valence-corrected chi connectivity index (χ4v) is 4.01. The third-order valence-electron chi connectivity index (χ3n) is 4.90. The second-order valence-corrected chi connectivity index (χ2v) is 9.76. The molecule has 1 unspecified atom stereocenters. The lowest BCUT2D eigenvalue weighted by molar-refractivity contribution is 0.364. The first-order valence-corrected chi connectivity index (χ1v) is 10.8. The molecule has 0 saturated carbocycles. The van der Waals surface area contributed by atoms with Gasteiger partial charge in [-0.25, -0.2) is 9.37 Å². The fourth-order valence-electron chi connectivity index (χ4n) is 3.05. The molecule has 2 heterocycles. The van der Waals surface area contributed by atoms with Gasteiger partial charge in [-0.1, -0.05) is 55.9 Å². The van der Waals surface area contributed by atoms with Crippen LogP contribution in [0.25, 0.3) is 16.6 Å². The summed E-state index contributed by atoms with van der Waals surface area (Å²) in [5.41, 5.74) is 1.00. The second kappa shape index (κ2) is 7.92. The average Bonchev–Trinajstić information content (AvgIpc) is 3.22. The van der Waals surface area contributed by atoms with Crippen LogP contribution >= 0.6 is 11.8 Å². The van der Waals surface area contributed by atoms with Crippen molar-refractivity contribution < 1.29 is 8.91 Å². The largest absolute Gasteiger partial charge is 0.338 e. The van der Waals surface area contributed by atoms with E-state index >= 15 is 0 Å². The molecule has 2 aromatic heterocycles. The van der Waals surface area contributed by atoms with Gasteiger partial charge in [-0.2, -0.15) is 4.98 Å². The minimum Gasteiger partial charge on any atom is -0.338 e. The molecule has 0 fully saturated rings. The third kappa shape index (κ3) is 4.12. The van der Waals surface area contributed by atoms with Crippen molar-refractivity contribution in [1.82, 2.24) is 19.7 Å². The number of rotatable bonds is 4. The topological polar surface area (TPSA) is 73.8 Å². The van der Waals surface area contributed by atoms with E-state index in [2.05, 4.69) is 10.1 Å². The van der Waals surface area contributed by atoms with Crippen molar-refractivity contribution in [1.29, 1.82) is 0 Å². The Balaban J connectivity index is 1.83. The van der Waals surface area contributed by atoms with E-state index < -0.39 is 0 Å². The van der Waals surface area contributed by atoms with Crippen molar-refractivity contribution in [3.8, 4) is 5.69 Å². The third-order valence-corrected chi connectivity index (χ3v) is 5.94. The van der Waals surface area contributed by atoms with Gasteiger partial charge in [0.2, 0.25) is 5.89 Å². The molecule has 160 valence electrons. The van der Waals surface area contributed by atoms with Crippen LogP contribution in [-0.4, -0.2) is 19.7 Å². The summed E-state index contributed by atoms with van der Waals surface area (Å²) in [6.45, 7) is 9.61. The first kappa shape index (κ1) is 21.2. The summed E-state index contributed by atoms with van der Waals surface area (Å²) >= 11 is 1.31. The lowest BCUT2D eigenvalue weighted by atomic mass is 9.96. The van der Waals surface area contributed by atoms with E-state index in [9.17, 15) is 9.18 Å². The van der Waals surface area contributed by atoms with Gasteiger partial charge in [-0.05, 0) is 43.7 Å². The van der Waals surface area contributed by atoms with Crippen LogP contribution in [0, 0.1) is 12.7 Å². The predicted octanol–water partition coefficient (Wildman–Crippen LogP) is 5.37. The molecule has 0 aliphatic heterocycles. The maximum Gasteiger partial charge on any atom is 0.266 e. The molecular weight excluding hydrogens is 415 g/mol. The van der Waals surface area contributed by atoms with Gasteiger partial charge in [0.1, 0.15) is 5.82 Å². The maximum atomic E-state index is 14.3. The Labute approximate surface area is 183 Å². The van der Waals surface area contributed by atoms with Crippen molar-refractivity contribution >= 4 is 22.7 Å². The Kier molecular flexibility index (Phi) is 5.43. The highest BCUT2D eigenvalue weighted by molar-refractivity contribution is 7.99. The van der Waals surface area contributed by atoms with Crippen LogP contribution in [0.1, 0.15) is 50.2 Å². The zero-order valence-corrected chi connectivity index (χ0v) is 18.8. The zero-order valence-electron chi connectivity index (χ0n) is 18.0.